The van der Waals surface area contributed by atoms with Gasteiger partial charge in [0.2, 0.25) is 0 Å². The van der Waals surface area contributed by atoms with E-state index in [1.807, 2.05) is 30.3 Å². The molecule has 0 spiro atoms. The summed E-state index contributed by atoms with van der Waals surface area (Å²) in [6, 6.07) is 11.6. The van der Waals surface area contributed by atoms with E-state index in [0.717, 1.165) is 36.0 Å². The van der Waals surface area contributed by atoms with Gasteiger partial charge in [-0.3, -0.25) is 0 Å². The van der Waals surface area contributed by atoms with E-state index in [9.17, 15) is 0 Å². The van der Waals surface area contributed by atoms with Crippen molar-refractivity contribution in [3.05, 3.63) is 36.4 Å². The number of fused-ring (bicyclic) bond motifs is 1. The molecule has 1 N–H and O–H groups in total. The topological polar surface area (TPSA) is 33.0 Å². The van der Waals surface area contributed by atoms with Crippen LogP contribution in [-0.2, 0) is 0 Å². The Morgan fingerprint density at radius 1 is 1.06 bits per heavy atom. The molecule has 0 aliphatic carbocycles. The van der Waals surface area contributed by atoms with Crippen molar-refractivity contribution in [1.29, 1.82) is 0 Å². The molecule has 0 atom stereocenters. The van der Waals surface area contributed by atoms with Gasteiger partial charge in [0.15, 0.2) is 0 Å². The van der Waals surface area contributed by atoms with Crippen molar-refractivity contribution in [2.24, 2.45) is 0 Å². The zero-order chi connectivity index (χ0) is 11.4. The number of rotatable bonds is 4. The molecule has 0 saturated carbocycles. The molecule has 16 heavy (non-hydrogen) atoms. The van der Waals surface area contributed by atoms with Gasteiger partial charge < -0.3 is 10.5 Å². The van der Waals surface area contributed by atoms with Gasteiger partial charge >= 0.3 is 0 Å². The zero-order valence-electron chi connectivity index (χ0n) is 9.49. The van der Waals surface area contributed by atoms with Crippen molar-refractivity contribution in [3.8, 4) is 5.75 Å². The molecule has 0 aromatic heterocycles. The van der Waals surface area contributed by atoms with Crippen molar-refractivity contribution < 1.29 is 4.74 Å². The molecule has 2 aromatic rings. The number of ether oxygens (including phenoxy) is 1. The molecule has 2 nitrogen and oxygen atoms in total. The Balaban J connectivity index is 2.35. The van der Waals surface area contributed by atoms with E-state index < -0.39 is 0 Å². The predicted molar refractivity (Wildman–Crippen MR) is 67.1 cm³/mol. The monoisotopic (exact) mass is 214 g/mol. The van der Waals surface area contributed by atoms with Crippen LogP contribution in [0, 0.1) is 0 Å². The predicted octanol–water partition coefficient (Wildman–Crippen LogP) is 3.93. The molecule has 2 rings (SSSR count). The third-order valence-electron chi connectivity index (χ3n) is 2.64. The molecule has 0 saturated heterocycles. The Labute approximate surface area is 96.0 Å². The van der Waals surface area contributed by atoms with Crippen molar-refractivity contribution in [1.82, 2.24) is 5.73 Å². The first-order valence-corrected chi connectivity index (χ1v) is 5.69. The summed E-state index contributed by atoms with van der Waals surface area (Å²) in [6.07, 6.45) is 2.20. The molecule has 0 bridgehead atoms. The van der Waals surface area contributed by atoms with Gasteiger partial charge in [0.1, 0.15) is 5.75 Å². The highest BCUT2D eigenvalue weighted by Gasteiger charge is 2.04. The normalized spacial score (nSPS) is 10.6. The van der Waals surface area contributed by atoms with Crippen LogP contribution < -0.4 is 10.5 Å². The fraction of sp³-hybridized carbons (Fsp3) is 0.286. The third kappa shape index (κ3) is 2.11. The van der Waals surface area contributed by atoms with Crippen molar-refractivity contribution >= 4 is 16.5 Å². The molecule has 0 unspecified atom stereocenters. The molecule has 0 fully saturated rings. The lowest BCUT2D eigenvalue weighted by Gasteiger charge is -2.09. The molecule has 0 aliphatic heterocycles. The smallest absolute Gasteiger partial charge is 0.127 e. The van der Waals surface area contributed by atoms with E-state index >= 15 is 0 Å². The molecule has 2 heteroatoms. The summed E-state index contributed by atoms with van der Waals surface area (Å²) in [5.74, 6) is 0.889. The van der Waals surface area contributed by atoms with E-state index in [4.69, 9.17) is 10.5 Å². The van der Waals surface area contributed by atoms with Gasteiger partial charge in [0.05, 0.1) is 12.3 Å². The van der Waals surface area contributed by atoms with Crippen LogP contribution in [0.25, 0.3) is 10.8 Å². The molecule has 83 valence electrons. The summed E-state index contributed by atoms with van der Waals surface area (Å²) in [5.41, 5.74) is 8.37. The van der Waals surface area contributed by atoms with Gasteiger partial charge in [0, 0.05) is 10.8 Å². The van der Waals surface area contributed by atoms with Gasteiger partial charge in [-0.25, -0.2) is 0 Å². The fourth-order valence-corrected chi connectivity index (χ4v) is 1.72. The number of benzene rings is 2. The highest BCUT2D eigenvalue weighted by molar-refractivity contribution is 5.96. The molecular weight excluding hydrogens is 198 g/mol. The van der Waals surface area contributed by atoms with E-state index in [1.165, 1.54) is 0 Å². The Hall–Kier alpha value is -1.70. The quantitative estimate of drug-likeness (QED) is 0.710. The van der Waals surface area contributed by atoms with Crippen LogP contribution in [0.4, 0.5) is 5.69 Å². The van der Waals surface area contributed by atoms with Crippen molar-refractivity contribution in [3.63, 3.8) is 0 Å². The fourth-order valence-electron chi connectivity index (χ4n) is 1.72. The first-order valence-electron chi connectivity index (χ1n) is 5.69. The molecule has 1 radical (unpaired) electrons. The van der Waals surface area contributed by atoms with Crippen molar-refractivity contribution in [2.75, 3.05) is 6.61 Å². The third-order valence-corrected chi connectivity index (χ3v) is 2.64. The Kier molecular flexibility index (Phi) is 3.30. The van der Waals surface area contributed by atoms with Crippen LogP contribution in [0.3, 0.4) is 0 Å². The van der Waals surface area contributed by atoms with Gasteiger partial charge in [-0.15, -0.1) is 0 Å². The van der Waals surface area contributed by atoms with Gasteiger partial charge in [0.25, 0.3) is 0 Å². The van der Waals surface area contributed by atoms with Gasteiger partial charge in [-0.1, -0.05) is 37.6 Å². The molecule has 0 heterocycles. The number of hydrogen-bond acceptors (Lipinski definition) is 1. The minimum atomic E-state index is 0.554. The first-order chi connectivity index (χ1) is 7.83. The summed E-state index contributed by atoms with van der Waals surface area (Å²) < 4.78 is 5.73. The molecular formula is C14H16NO. The zero-order valence-corrected chi connectivity index (χ0v) is 9.49. The summed E-state index contributed by atoms with van der Waals surface area (Å²) in [6.45, 7) is 2.90. The lowest BCUT2D eigenvalue weighted by atomic mass is 10.1. The van der Waals surface area contributed by atoms with Gasteiger partial charge in [-0.05, 0) is 18.6 Å². The summed E-state index contributed by atoms with van der Waals surface area (Å²) in [4.78, 5) is 0. The van der Waals surface area contributed by atoms with E-state index in [2.05, 4.69) is 6.92 Å². The highest BCUT2D eigenvalue weighted by atomic mass is 16.5. The lowest BCUT2D eigenvalue weighted by Crippen LogP contribution is -1.97. The van der Waals surface area contributed by atoms with E-state index in [1.54, 1.807) is 6.07 Å². The van der Waals surface area contributed by atoms with Crippen LogP contribution in [0.2, 0.25) is 0 Å². The Morgan fingerprint density at radius 3 is 2.56 bits per heavy atom. The maximum Gasteiger partial charge on any atom is 0.127 e. The Bertz CT molecular complexity index is 479. The van der Waals surface area contributed by atoms with E-state index in [-0.39, 0.29) is 0 Å². The van der Waals surface area contributed by atoms with Crippen LogP contribution in [0.5, 0.6) is 5.75 Å². The summed E-state index contributed by atoms with van der Waals surface area (Å²) in [5, 5.41) is 1.99. The minimum absolute atomic E-state index is 0.554. The van der Waals surface area contributed by atoms with Gasteiger partial charge in [-0.2, -0.15) is 0 Å². The van der Waals surface area contributed by atoms with Crippen LogP contribution in [0.15, 0.2) is 36.4 Å². The Morgan fingerprint density at radius 2 is 1.81 bits per heavy atom. The van der Waals surface area contributed by atoms with Crippen LogP contribution in [-0.4, -0.2) is 6.61 Å². The van der Waals surface area contributed by atoms with Crippen LogP contribution >= 0.6 is 0 Å². The first kappa shape index (κ1) is 10.8. The van der Waals surface area contributed by atoms with Crippen LogP contribution in [0.1, 0.15) is 19.8 Å². The summed E-state index contributed by atoms with van der Waals surface area (Å²) in [7, 11) is 0. The maximum absolute atomic E-state index is 7.82. The SMILES string of the molecule is CCCCOc1ccc([NH])c2ccccc12. The largest absolute Gasteiger partial charge is 0.493 e. The standard InChI is InChI=1S/C14H16NO/c1-2-3-10-16-14-9-8-13(15)11-6-4-5-7-12(11)14/h4-9,15H,2-3,10H2,1H3. The second-order valence-electron chi connectivity index (χ2n) is 3.86. The highest BCUT2D eigenvalue weighted by Crippen LogP contribution is 2.30. The number of hydrogen-bond donors (Lipinski definition) is 0. The van der Waals surface area contributed by atoms with E-state index in [0.29, 0.717) is 5.69 Å². The average Bonchev–Trinajstić information content (AvgIpc) is 2.33. The molecule has 0 amide bonds. The maximum atomic E-state index is 7.82. The lowest BCUT2D eigenvalue weighted by molar-refractivity contribution is 0.313. The number of unbranched alkanes of at least 4 members (excludes halogenated alkanes) is 1. The van der Waals surface area contributed by atoms with Crippen molar-refractivity contribution in [2.45, 2.75) is 19.8 Å². The summed E-state index contributed by atoms with van der Waals surface area (Å²) >= 11 is 0. The average molecular weight is 214 g/mol. The molecule has 0 aliphatic rings. The second kappa shape index (κ2) is 4.88. The number of nitrogens with one attached hydrogen (secondary N) is 1. The molecule has 2 aromatic carbocycles. The minimum Gasteiger partial charge on any atom is -0.493 e. The second-order valence-corrected chi connectivity index (χ2v) is 3.86.